The van der Waals surface area contributed by atoms with E-state index in [1.54, 1.807) is 0 Å². The molecule has 170 valence electrons. The molecule has 36 heavy (non-hydrogen) atoms. The highest BCUT2D eigenvalue weighted by Crippen LogP contribution is 2.43. The van der Waals surface area contributed by atoms with E-state index >= 15 is 0 Å². The predicted octanol–water partition coefficient (Wildman–Crippen LogP) is 10.3. The largest absolute Gasteiger partial charge is 0.354 e. The van der Waals surface area contributed by atoms with E-state index in [4.69, 9.17) is 0 Å². The highest BCUT2D eigenvalue weighted by atomic mass is 32.1. The van der Waals surface area contributed by atoms with Crippen LogP contribution in [0.1, 0.15) is 0 Å². The van der Waals surface area contributed by atoms with Crippen molar-refractivity contribution >= 4 is 53.7 Å². The molecule has 1 nitrogen and oxygen atoms in total. The van der Waals surface area contributed by atoms with Crippen LogP contribution in [0.15, 0.2) is 133 Å². The second-order valence-electron chi connectivity index (χ2n) is 9.06. The summed E-state index contributed by atoms with van der Waals surface area (Å²) in [4.78, 5) is 0. The van der Waals surface area contributed by atoms with Crippen LogP contribution < -0.4 is 5.32 Å². The van der Waals surface area contributed by atoms with Crippen molar-refractivity contribution in [1.82, 2.24) is 0 Å². The first-order valence-electron chi connectivity index (χ1n) is 12.2. The van der Waals surface area contributed by atoms with Gasteiger partial charge in [0.15, 0.2) is 0 Å². The van der Waals surface area contributed by atoms with Gasteiger partial charge in [-0.25, -0.2) is 0 Å². The molecule has 0 aliphatic heterocycles. The summed E-state index contributed by atoms with van der Waals surface area (Å²) in [6, 6.07) is 47.7. The molecule has 0 saturated heterocycles. The molecular weight excluding hydrogens is 454 g/mol. The molecule has 0 amide bonds. The minimum absolute atomic E-state index is 1.11. The van der Waals surface area contributed by atoms with Crippen molar-refractivity contribution in [2.75, 3.05) is 5.32 Å². The first kappa shape index (κ1) is 20.9. The van der Waals surface area contributed by atoms with Gasteiger partial charge in [-0.1, -0.05) is 109 Å². The Labute approximate surface area is 214 Å². The average Bonchev–Trinajstić information content (AvgIpc) is 3.35. The van der Waals surface area contributed by atoms with Crippen LogP contribution in [0, 0.1) is 0 Å². The quantitative estimate of drug-likeness (QED) is 0.266. The Kier molecular flexibility index (Phi) is 5.04. The van der Waals surface area contributed by atoms with Crippen LogP contribution in [0.25, 0.3) is 53.2 Å². The molecule has 1 N–H and O–H groups in total. The maximum atomic E-state index is 3.81. The van der Waals surface area contributed by atoms with E-state index < -0.39 is 0 Å². The highest BCUT2D eigenvalue weighted by molar-refractivity contribution is 7.26. The van der Waals surface area contributed by atoms with Gasteiger partial charge in [-0.2, -0.15) is 0 Å². The Morgan fingerprint density at radius 1 is 0.472 bits per heavy atom. The summed E-state index contributed by atoms with van der Waals surface area (Å²) in [5, 5.41) is 9.06. The van der Waals surface area contributed by atoms with Crippen molar-refractivity contribution in [1.29, 1.82) is 0 Å². The standard InChI is InChI=1S/C34H23NS/c1-3-10-23(11-4-1)26-18-20-30(29(22-26)24-12-5-2-6-13-24)35-31-17-9-16-28-33-27-15-8-7-14-25(27)19-21-32(33)36-34(28)31/h1-22,35H. The van der Waals surface area contributed by atoms with E-state index in [-0.39, 0.29) is 0 Å². The number of thiophene rings is 1. The Bertz CT molecular complexity index is 1850. The Morgan fingerprint density at radius 2 is 1.19 bits per heavy atom. The van der Waals surface area contributed by atoms with E-state index in [1.165, 1.54) is 53.2 Å². The zero-order chi connectivity index (χ0) is 23.9. The molecular formula is C34H23NS. The van der Waals surface area contributed by atoms with E-state index in [0.29, 0.717) is 0 Å². The number of hydrogen-bond acceptors (Lipinski definition) is 2. The molecule has 0 radical (unpaired) electrons. The van der Waals surface area contributed by atoms with Gasteiger partial charge in [-0.05, 0) is 51.7 Å². The summed E-state index contributed by atoms with van der Waals surface area (Å²) >= 11 is 1.86. The monoisotopic (exact) mass is 477 g/mol. The smallest absolute Gasteiger partial charge is 0.0590 e. The van der Waals surface area contributed by atoms with E-state index in [1.807, 2.05) is 11.3 Å². The third-order valence-corrected chi connectivity index (χ3v) is 8.07. The van der Waals surface area contributed by atoms with E-state index in [9.17, 15) is 0 Å². The summed E-state index contributed by atoms with van der Waals surface area (Å²) in [6.45, 7) is 0. The lowest BCUT2D eigenvalue weighted by Gasteiger charge is -2.15. The van der Waals surface area contributed by atoms with Gasteiger partial charge in [0, 0.05) is 26.7 Å². The Balaban J connectivity index is 1.40. The Morgan fingerprint density at radius 3 is 2.03 bits per heavy atom. The van der Waals surface area contributed by atoms with E-state index in [0.717, 1.165) is 11.4 Å². The van der Waals surface area contributed by atoms with Crippen molar-refractivity contribution in [3.63, 3.8) is 0 Å². The normalized spacial score (nSPS) is 11.3. The molecule has 0 bridgehead atoms. The van der Waals surface area contributed by atoms with Crippen LogP contribution in [0.4, 0.5) is 11.4 Å². The summed E-state index contributed by atoms with van der Waals surface area (Å²) in [6.07, 6.45) is 0. The highest BCUT2D eigenvalue weighted by Gasteiger charge is 2.14. The van der Waals surface area contributed by atoms with Crippen molar-refractivity contribution in [3.05, 3.63) is 133 Å². The van der Waals surface area contributed by atoms with Crippen molar-refractivity contribution in [3.8, 4) is 22.3 Å². The number of fused-ring (bicyclic) bond motifs is 5. The SMILES string of the molecule is c1ccc(-c2ccc(Nc3cccc4c3sc3ccc5ccccc5c34)c(-c3ccccc3)c2)cc1. The molecule has 0 fully saturated rings. The number of nitrogens with one attached hydrogen (secondary N) is 1. The first-order valence-corrected chi connectivity index (χ1v) is 13.0. The molecule has 6 aromatic carbocycles. The van der Waals surface area contributed by atoms with Crippen LogP contribution in [-0.4, -0.2) is 0 Å². The summed E-state index contributed by atoms with van der Waals surface area (Å²) in [7, 11) is 0. The maximum Gasteiger partial charge on any atom is 0.0590 e. The fraction of sp³-hybridized carbons (Fsp3) is 0. The van der Waals surface area contributed by atoms with Gasteiger partial charge >= 0.3 is 0 Å². The second-order valence-corrected chi connectivity index (χ2v) is 10.1. The summed E-state index contributed by atoms with van der Waals surface area (Å²) in [5.41, 5.74) is 7.08. The van der Waals surface area contributed by atoms with Crippen LogP contribution in [0.2, 0.25) is 0 Å². The predicted molar refractivity (Wildman–Crippen MR) is 157 cm³/mol. The number of rotatable bonds is 4. The van der Waals surface area contributed by atoms with Gasteiger partial charge in [-0.15, -0.1) is 11.3 Å². The number of hydrogen-bond donors (Lipinski definition) is 1. The second kappa shape index (κ2) is 8.67. The van der Waals surface area contributed by atoms with Gasteiger partial charge in [-0.3, -0.25) is 0 Å². The molecule has 1 aromatic heterocycles. The number of anilines is 2. The molecule has 0 atom stereocenters. The van der Waals surface area contributed by atoms with Crippen LogP contribution in [-0.2, 0) is 0 Å². The third-order valence-electron chi connectivity index (χ3n) is 6.87. The molecule has 0 saturated carbocycles. The molecule has 2 heteroatoms. The third kappa shape index (κ3) is 3.55. The van der Waals surface area contributed by atoms with E-state index in [2.05, 4.69) is 139 Å². The topological polar surface area (TPSA) is 12.0 Å². The lowest BCUT2D eigenvalue weighted by molar-refractivity contribution is 1.54. The van der Waals surface area contributed by atoms with Gasteiger partial charge in [0.05, 0.1) is 10.4 Å². The molecule has 1 heterocycles. The lowest BCUT2D eigenvalue weighted by Crippen LogP contribution is -1.94. The molecule has 7 rings (SSSR count). The van der Waals surface area contributed by atoms with Crippen molar-refractivity contribution < 1.29 is 0 Å². The van der Waals surface area contributed by atoms with Gasteiger partial charge in [0.1, 0.15) is 0 Å². The van der Waals surface area contributed by atoms with Crippen LogP contribution >= 0.6 is 11.3 Å². The molecule has 0 aliphatic carbocycles. The minimum Gasteiger partial charge on any atom is -0.354 e. The molecule has 7 aromatic rings. The first-order chi connectivity index (χ1) is 17.8. The van der Waals surface area contributed by atoms with Crippen LogP contribution in [0.3, 0.4) is 0 Å². The summed E-state index contributed by atoms with van der Waals surface area (Å²) in [5.74, 6) is 0. The van der Waals surface area contributed by atoms with Gasteiger partial charge in [0.2, 0.25) is 0 Å². The van der Waals surface area contributed by atoms with Crippen molar-refractivity contribution in [2.24, 2.45) is 0 Å². The van der Waals surface area contributed by atoms with Crippen LogP contribution in [0.5, 0.6) is 0 Å². The minimum atomic E-state index is 1.11. The summed E-state index contributed by atoms with van der Waals surface area (Å²) < 4.78 is 2.61. The maximum absolute atomic E-state index is 3.81. The van der Waals surface area contributed by atoms with Gasteiger partial charge in [0.25, 0.3) is 0 Å². The molecule has 0 unspecified atom stereocenters. The zero-order valence-electron chi connectivity index (χ0n) is 19.6. The fourth-order valence-electron chi connectivity index (χ4n) is 5.13. The van der Waals surface area contributed by atoms with Crippen molar-refractivity contribution in [2.45, 2.75) is 0 Å². The number of benzene rings is 6. The molecule has 0 spiro atoms. The average molecular weight is 478 g/mol. The van der Waals surface area contributed by atoms with Gasteiger partial charge < -0.3 is 5.32 Å². The molecule has 0 aliphatic rings. The fourth-order valence-corrected chi connectivity index (χ4v) is 6.32. The zero-order valence-corrected chi connectivity index (χ0v) is 20.4. The Hall–Kier alpha value is -4.40. The lowest BCUT2D eigenvalue weighted by atomic mass is 9.97.